The van der Waals surface area contributed by atoms with Crippen molar-refractivity contribution < 1.29 is 13.9 Å². The third-order valence-corrected chi connectivity index (χ3v) is 3.10. The molecule has 0 aliphatic rings. The molecule has 0 saturated heterocycles. The van der Waals surface area contributed by atoms with E-state index < -0.39 is 11.9 Å². The number of hydrogen-bond donors (Lipinski definition) is 1. The summed E-state index contributed by atoms with van der Waals surface area (Å²) in [5, 5.41) is 9.99. The lowest BCUT2D eigenvalue weighted by Gasteiger charge is -2.12. The Morgan fingerprint density at radius 1 is 1.11 bits per heavy atom. The Hall–Kier alpha value is -1.26. The summed E-state index contributed by atoms with van der Waals surface area (Å²) >= 11 is 3.16. The summed E-state index contributed by atoms with van der Waals surface area (Å²) in [7, 11) is 0. The molecule has 0 saturated carbocycles. The molecule has 18 heavy (non-hydrogen) atoms. The Labute approximate surface area is 112 Å². The van der Waals surface area contributed by atoms with Gasteiger partial charge in [-0.2, -0.15) is 0 Å². The predicted molar refractivity (Wildman–Crippen MR) is 69.2 cm³/mol. The van der Waals surface area contributed by atoms with Crippen LogP contribution in [0, 0.1) is 11.6 Å². The van der Waals surface area contributed by atoms with Gasteiger partial charge in [-0.3, -0.25) is 0 Å². The largest absolute Gasteiger partial charge is 0.388 e. The number of rotatable bonds is 3. The molecule has 1 atom stereocenters. The van der Waals surface area contributed by atoms with E-state index in [1.54, 1.807) is 24.3 Å². The van der Waals surface area contributed by atoms with Crippen molar-refractivity contribution in [2.24, 2.45) is 0 Å². The summed E-state index contributed by atoms with van der Waals surface area (Å²) in [5.74, 6) is -0.807. The van der Waals surface area contributed by atoms with Gasteiger partial charge in [-0.1, -0.05) is 34.1 Å². The van der Waals surface area contributed by atoms with Gasteiger partial charge >= 0.3 is 0 Å². The number of aliphatic hydroxyl groups excluding tert-OH is 1. The second kappa shape index (κ2) is 5.59. The Kier molecular flexibility index (Phi) is 4.09. The fourth-order valence-corrected chi connectivity index (χ4v) is 2.24. The van der Waals surface area contributed by atoms with Crippen molar-refractivity contribution in [1.29, 1.82) is 0 Å². The maximum Gasteiger partial charge on any atom is 0.126 e. The van der Waals surface area contributed by atoms with Crippen molar-refractivity contribution in [2.75, 3.05) is 0 Å². The maximum absolute atomic E-state index is 13.4. The van der Waals surface area contributed by atoms with Gasteiger partial charge in [0.15, 0.2) is 0 Å². The van der Waals surface area contributed by atoms with E-state index in [0.717, 1.165) is 0 Å². The van der Waals surface area contributed by atoms with Gasteiger partial charge in [0.25, 0.3) is 0 Å². The van der Waals surface area contributed by atoms with E-state index >= 15 is 0 Å². The van der Waals surface area contributed by atoms with E-state index in [0.29, 0.717) is 15.6 Å². The van der Waals surface area contributed by atoms with Crippen molar-refractivity contribution >= 4 is 15.9 Å². The van der Waals surface area contributed by atoms with Gasteiger partial charge in [0.05, 0.1) is 6.10 Å². The van der Waals surface area contributed by atoms with Gasteiger partial charge in [0, 0.05) is 10.9 Å². The van der Waals surface area contributed by atoms with Gasteiger partial charge in [0.2, 0.25) is 0 Å². The minimum Gasteiger partial charge on any atom is -0.388 e. The van der Waals surface area contributed by atoms with Crippen LogP contribution in [-0.4, -0.2) is 5.11 Å². The first-order valence-electron chi connectivity index (χ1n) is 5.44. The fraction of sp³-hybridized carbons (Fsp3) is 0.143. The van der Waals surface area contributed by atoms with Crippen LogP contribution < -0.4 is 0 Å². The van der Waals surface area contributed by atoms with Crippen LogP contribution in [0.3, 0.4) is 0 Å². The first-order chi connectivity index (χ1) is 8.56. The molecule has 2 rings (SSSR count). The van der Waals surface area contributed by atoms with E-state index in [9.17, 15) is 13.9 Å². The zero-order valence-electron chi connectivity index (χ0n) is 9.41. The van der Waals surface area contributed by atoms with Crippen molar-refractivity contribution in [3.05, 3.63) is 69.7 Å². The van der Waals surface area contributed by atoms with E-state index in [4.69, 9.17) is 0 Å². The van der Waals surface area contributed by atoms with Crippen LogP contribution in [0.1, 0.15) is 17.2 Å². The summed E-state index contributed by atoms with van der Waals surface area (Å²) in [5.41, 5.74) is 0.829. The van der Waals surface area contributed by atoms with Gasteiger partial charge in [-0.25, -0.2) is 8.78 Å². The Morgan fingerprint density at radius 3 is 2.50 bits per heavy atom. The lowest BCUT2D eigenvalue weighted by Crippen LogP contribution is -2.04. The molecule has 0 aliphatic heterocycles. The van der Waals surface area contributed by atoms with Crippen molar-refractivity contribution in [1.82, 2.24) is 0 Å². The summed E-state index contributed by atoms with van der Waals surface area (Å²) < 4.78 is 27.2. The summed E-state index contributed by atoms with van der Waals surface area (Å²) in [6.45, 7) is 0. The molecule has 0 heterocycles. The summed E-state index contributed by atoms with van der Waals surface area (Å²) in [4.78, 5) is 0. The number of hydrogen-bond acceptors (Lipinski definition) is 1. The topological polar surface area (TPSA) is 20.2 Å². The molecule has 1 nitrogen and oxygen atoms in total. The molecule has 0 spiro atoms. The van der Waals surface area contributed by atoms with Crippen LogP contribution in [0.4, 0.5) is 8.78 Å². The van der Waals surface area contributed by atoms with Gasteiger partial charge in [-0.15, -0.1) is 0 Å². The van der Waals surface area contributed by atoms with Crippen LogP contribution in [0.2, 0.25) is 0 Å². The molecule has 4 heteroatoms. The van der Waals surface area contributed by atoms with E-state index in [1.807, 2.05) is 0 Å². The van der Waals surface area contributed by atoms with Crippen LogP contribution in [-0.2, 0) is 6.42 Å². The molecule has 2 aromatic rings. The smallest absolute Gasteiger partial charge is 0.126 e. The SMILES string of the molecule is OC(Cc1ccccc1F)c1cc(F)cc(Br)c1. The van der Waals surface area contributed by atoms with Gasteiger partial charge < -0.3 is 5.11 Å². The molecular weight excluding hydrogens is 302 g/mol. The third kappa shape index (κ3) is 3.15. The molecule has 0 amide bonds. The molecule has 0 bridgehead atoms. The average Bonchev–Trinajstić information content (AvgIpc) is 2.31. The van der Waals surface area contributed by atoms with Crippen molar-refractivity contribution in [3.8, 4) is 0 Å². The Balaban J connectivity index is 2.22. The van der Waals surface area contributed by atoms with Gasteiger partial charge in [-0.05, 0) is 35.4 Å². The molecule has 2 aromatic carbocycles. The van der Waals surface area contributed by atoms with E-state index in [2.05, 4.69) is 15.9 Å². The fourth-order valence-electron chi connectivity index (χ4n) is 1.76. The first-order valence-corrected chi connectivity index (χ1v) is 6.23. The highest BCUT2D eigenvalue weighted by Gasteiger charge is 2.12. The minimum absolute atomic E-state index is 0.114. The highest BCUT2D eigenvalue weighted by Crippen LogP contribution is 2.24. The molecule has 94 valence electrons. The summed E-state index contributed by atoms with van der Waals surface area (Å²) in [6.07, 6.45) is -0.823. The summed E-state index contributed by atoms with van der Waals surface area (Å²) in [6, 6.07) is 10.4. The molecule has 0 aromatic heterocycles. The second-order valence-corrected chi connectivity index (χ2v) is 4.93. The number of aliphatic hydroxyl groups is 1. The second-order valence-electron chi connectivity index (χ2n) is 4.01. The maximum atomic E-state index is 13.4. The van der Waals surface area contributed by atoms with Crippen molar-refractivity contribution in [3.63, 3.8) is 0 Å². The highest BCUT2D eigenvalue weighted by molar-refractivity contribution is 9.10. The zero-order chi connectivity index (χ0) is 13.1. The minimum atomic E-state index is -0.936. The van der Waals surface area contributed by atoms with Crippen LogP contribution in [0.5, 0.6) is 0 Å². The molecule has 1 unspecified atom stereocenters. The first kappa shape index (κ1) is 13.2. The van der Waals surface area contributed by atoms with Crippen LogP contribution >= 0.6 is 15.9 Å². The molecule has 1 N–H and O–H groups in total. The molecule has 0 radical (unpaired) electrons. The molecule has 0 fully saturated rings. The lowest BCUT2D eigenvalue weighted by molar-refractivity contribution is 0.176. The lowest BCUT2D eigenvalue weighted by atomic mass is 10.0. The molecule has 0 aliphatic carbocycles. The highest BCUT2D eigenvalue weighted by atomic mass is 79.9. The average molecular weight is 313 g/mol. The van der Waals surface area contributed by atoms with E-state index in [-0.39, 0.29) is 12.2 Å². The molecular formula is C14H11BrF2O. The van der Waals surface area contributed by atoms with Crippen LogP contribution in [0.15, 0.2) is 46.9 Å². The number of halogens is 3. The monoisotopic (exact) mass is 312 g/mol. The Bertz CT molecular complexity index is 537. The van der Waals surface area contributed by atoms with Crippen molar-refractivity contribution in [2.45, 2.75) is 12.5 Å². The zero-order valence-corrected chi connectivity index (χ0v) is 11.0. The van der Waals surface area contributed by atoms with Gasteiger partial charge in [0.1, 0.15) is 11.6 Å². The van der Waals surface area contributed by atoms with E-state index in [1.165, 1.54) is 18.2 Å². The third-order valence-electron chi connectivity index (χ3n) is 2.64. The number of benzene rings is 2. The standard InChI is InChI=1S/C14H11BrF2O/c15-11-5-10(6-12(16)8-11)14(18)7-9-3-1-2-4-13(9)17/h1-6,8,14,18H,7H2. The van der Waals surface area contributed by atoms with Crippen LogP contribution in [0.25, 0.3) is 0 Å². The Morgan fingerprint density at radius 2 is 1.83 bits per heavy atom. The normalized spacial score (nSPS) is 12.4. The predicted octanol–water partition coefficient (Wildman–Crippen LogP) is 4.00. The quantitative estimate of drug-likeness (QED) is 0.908.